The van der Waals surface area contributed by atoms with Crippen LogP contribution < -0.4 is 10.1 Å². The zero-order chi connectivity index (χ0) is 20.8. The van der Waals surface area contributed by atoms with E-state index in [-0.39, 0.29) is 17.6 Å². The lowest BCUT2D eigenvalue weighted by molar-refractivity contribution is -0.128. The van der Waals surface area contributed by atoms with Crippen molar-refractivity contribution in [3.63, 3.8) is 0 Å². The van der Waals surface area contributed by atoms with Crippen molar-refractivity contribution in [2.24, 2.45) is 0 Å². The maximum Gasteiger partial charge on any atom is 0.260 e. The Morgan fingerprint density at radius 1 is 1.20 bits per heavy atom. The van der Waals surface area contributed by atoms with Crippen LogP contribution in [0.3, 0.4) is 0 Å². The number of rotatable bonds is 7. The number of piperidine rings is 1. The highest BCUT2D eigenvalue weighted by atomic mass is 16.5. The third-order valence-electron chi connectivity index (χ3n) is 6.19. The Morgan fingerprint density at radius 3 is 2.67 bits per heavy atom. The minimum atomic E-state index is -0.529. The van der Waals surface area contributed by atoms with E-state index in [0.29, 0.717) is 12.3 Å². The van der Waals surface area contributed by atoms with Gasteiger partial charge in [-0.1, -0.05) is 18.2 Å². The molecule has 0 radical (unpaired) electrons. The van der Waals surface area contributed by atoms with Gasteiger partial charge in [-0.3, -0.25) is 14.7 Å². The molecule has 1 amide bonds. The predicted molar refractivity (Wildman–Crippen MR) is 115 cm³/mol. The molecule has 2 aromatic rings. The minimum absolute atomic E-state index is 0.0176. The molecule has 1 N–H and O–H groups in total. The number of hydrogen-bond acceptors (Lipinski definition) is 5. The number of benzene rings is 1. The number of nitrogens with zero attached hydrogens (tertiary/aromatic N) is 2. The van der Waals surface area contributed by atoms with Crippen LogP contribution in [0.25, 0.3) is 0 Å². The van der Waals surface area contributed by atoms with Crippen LogP contribution in [0.2, 0.25) is 0 Å². The van der Waals surface area contributed by atoms with E-state index in [1.807, 2.05) is 42.7 Å². The summed E-state index contributed by atoms with van der Waals surface area (Å²) < 4.78 is 12.1. The molecule has 2 atom stereocenters. The molecule has 0 saturated carbocycles. The summed E-state index contributed by atoms with van der Waals surface area (Å²) in [6.07, 6.45) is 7.44. The number of nitrogens with one attached hydrogen (secondary N) is 1. The van der Waals surface area contributed by atoms with Crippen LogP contribution in [-0.4, -0.2) is 53.2 Å². The number of hydrogen-bond donors (Lipinski definition) is 1. The molecule has 4 rings (SSSR count). The predicted octanol–water partition coefficient (Wildman–Crippen LogP) is 3.18. The average molecular weight is 410 g/mol. The molecular weight excluding hydrogens is 378 g/mol. The molecule has 1 aromatic heterocycles. The van der Waals surface area contributed by atoms with E-state index < -0.39 is 6.10 Å². The second-order valence-electron chi connectivity index (χ2n) is 8.41. The third kappa shape index (κ3) is 5.37. The maximum absolute atomic E-state index is 12.4. The summed E-state index contributed by atoms with van der Waals surface area (Å²) in [7, 11) is 0. The maximum atomic E-state index is 12.4. The van der Waals surface area contributed by atoms with Crippen LogP contribution >= 0.6 is 0 Å². The highest BCUT2D eigenvalue weighted by Gasteiger charge is 2.42. The van der Waals surface area contributed by atoms with Gasteiger partial charge in [-0.15, -0.1) is 0 Å². The van der Waals surface area contributed by atoms with Gasteiger partial charge in [0.25, 0.3) is 5.91 Å². The summed E-state index contributed by atoms with van der Waals surface area (Å²) in [5.41, 5.74) is 1.29. The molecule has 0 aliphatic carbocycles. The Balaban J connectivity index is 1.19. The van der Waals surface area contributed by atoms with E-state index in [0.717, 1.165) is 45.3 Å². The lowest BCUT2D eigenvalue weighted by Crippen LogP contribution is -2.45. The van der Waals surface area contributed by atoms with Gasteiger partial charge in [0.15, 0.2) is 6.10 Å². The Bertz CT molecular complexity index is 807. The van der Waals surface area contributed by atoms with Crippen molar-refractivity contribution in [3.05, 3.63) is 60.4 Å². The van der Waals surface area contributed by atoms with E-state index >= 15 is 0 Å². The van der Waals surface area contributed by atoms with Gasteiger partial charge in [0, 0.05) is 38.6 Å². The van der Waals surface area contributed by atoms with E-state index in [2.05, 4.69) is 27.3 Å². The third-order valence-corrected chi connectivity index (χ3v) is 6.19. The van der Waals surface area contributed by atoms with Crippen molar-refractivity contribution in [3.8, 4) is 5.75 Å². The largest absolute Gasteiger partial charge is 0.481 e. The monoisotopic (exact) mass is 409 g/mol. The molecule has 3 heterocycles. The highest BCUT2D eigenvalue weighted by Crippen LogP contribution is 2.39. The number of aromatic nitrogens is 1. The summed E-state index contributed by atoms with van der Waals surface area (Å²) in [4.78, 5) is 19.0. The molecule has 2 aliphatic rings. The second kappa shape index (κ2) is 9.58. The van der Waals surface area contributed by atoms with Crippen LogP contribution in [0.1, 0.15) is 38.2 Å². The molecule has 30 heavy (non-hydrogen) atoms. The molecule has 1 aromatic carbocycles. The topological polar surface area (TPSA) is 63.7 Å². The summed E-state index contributed by atoms with van der Waals surface area (Å²) in [6, 6.07) is 13.6. The molecular formula is C24H31N3O3. The molecule has 2 aliphatic heterocycles. The van der Waals surface area contributed by atoms with E-state index in [9.17, 15) is 4.79 Å². The number of carbonyl (C=O) groups is 1. The Morgan fingerprint density at radius 2 is 1.93 bits per heavy atom. The molecule has 0 bridgehead atoms. The first-order valence-corrected chi connectivity index (χ1v) is 10.9. The van der Waals surface area contributed by atoms with Gasteiger partial charge in [0.2, 0.25) is 0 Å². The van der Waals surface area contributed by atoms with Gasteiger partial charge in [0.1, 0.15) is 5.75 Å². The summed E-state index contributed by atoms with van der Waals surface area (Å²) in [5.74, 6) is 0.602. The average Bonchev–Trinajstić information content (AvgIpc) is 3.18. The lowest BCUT2D eigenvalue weighted by Gasteiger charge is -2.39. The number of amides is 1. The molecule has 0 unspecified atom stereocenters. The Labute approximate surface area is 178 Å². The van der Waals surface area contributed by atoms with Crippen molar-refractivity contribution in [2.75, 3.05) is 19.6 Å². The molecule has 6 heteroatoms. The van der Waals surface area contributed by atoms with Gasteiger partial charge < -0.3 is 14.8 Å². The zero-order valence-corrected chi connectivity index (χ0v) is 17.6. The Kier molecular flexibility index (Phi) is 6.65. The number of likely N-dealkylation sites (tertiary alicyclic amines) is 1. The van der Waals surface area contributed by atoms with Gasteiger partial charge >= 0.3 is 0 Å². The number of pyridine rings is 1. The van der Waals surface area contributed by atoms with Gasteiger partial charge in [-0.05, 0) is 62.4 Å². The second-order valence-corrected chi connectivity index (χ2v) is 8.41. The first-order valence-electron chi connectivity index (χ1n) is 10.9. The number of carbonyl (C=O) groups excluding carboxylic acids is 1. The number of para-hydroxylation sites is 1. The fourth-order valence-corrected chi connectivity index (χ4v) is 4.39. The molecule has 2 fully saturated rings. The summed E-state index contributed by atoms with van der Waals surface area (Å²) >= 11 is 0. The Hall–Kier alpha value is -2.44. The fourth-order valence-electron chi connectivity index (χ4n) is 4.39. The van der Waals surface area contributed by atoms with Gasteiger partial charge in [-0.25, -0.2) is 0 Å². The van der Waals surface area contributed by atoms with Crippen molar-refractivity contribution < 1.29 is 14.3 Å². The normalized spacial score (nSPS) is 22.0. The van der Waals surface area contributed by atoms with Crippen molar-refractivity contribution >= 4 is 5.91 Å². The van der Waals surface area contributed by atoms with Gasteiger partial charge in [0.05, 0.1) is 11.7 Å². The zero-order valence-electron chi connectivity index (χ0n) is 17.6. The van der Waals surface area contributed by atoms with Crippen LogP contribution in [0.5, 0.6) is 5.75 Å². The molecule has 1 spiro atoms. The SMILES string of the molecule is C[C@H](Oc1ccccc1)C(=O)NC[C@@H]1CCC2(CCN(Cc3ccncc3)CC2)O1. The van der Waals surface area contributed by atoms with Crippen LogP contribution in [-0.2, 0) is 16.1 Å². The molecule has 2 saturated heterocycles. The first-order chi connectivity index (χ1) is 14.6. The van der Waals surface area contributed by atoms with Crippen LogP contribution in [0.15, 0.2) is 54.9 Å². The highest BCUT2D eigenvalue weighted by molar-refractivity contribution is 5.80. The lowest BCUT2D eigenvalue weighted by atomic mass is 9.88. The summed E-state index contributed by atoms with van der Waals surface area (Å²) in [6.45, 7) is 5.38. The van der Waals surface area contributed by atoms with Crippen molar-refractivity contribution in [1.29, 1.82) is 0 Å². The molecule has 6 nitrogen and oxygen atoms in total. The van der Waals surface area contributed by atoms with Crippen molar-refractivity contribution in [2.45, 2.75) is 57.0 Å². The number of ether oxygens (including phenoxy) is 2. The van der Waals surface area contributed by atoms with E-state index in [4.69, 9.17) is 9.47 Å². The van der Waals surface area contributed by atoms with E-state index in [1.165, 1.54) is 5.56 Å². The minimum Gasteiger partial charge on any atom is -0.481 e. The fraction of sp³-hybridized carbons (Fsp3) is 0.500. The van der Waals surface area contributed by atoms with Crippen LogP contribution in [0, 0.1) is 0 Å². The van der Waals surface area contributed by atoms with E-state index in [1.54, 1.807) is 6.92 Å². The van der Waals surface area contributed by atoms with Gasteiger partial charge in [-0.2, -0.15) is 0 Å². The standard InChI is InChI=1S/C24H31N3O3/c1-19(29-21-5-3-2-4-6-21)23(28)26-17-22-7-10-24(30-22)11-15-27(16-12-24)18-20-8-13-25-14-9-20/h2-6,8-9,13-14,19,22H,7,10-12,15-18H2,1H3,(H,26,28)/t19-,22-/m0/s1. The van der Waals surface area contributed by atoms with Crippen molar-refractivity contribution in [1.82, 2.24) is 15.2 Å². The molecule has 160 valence electrons. The summed E-state index contributed by atoms with van der Waals surface area (Å²) in [5, 5.41) is 3.00. The smallest absolute Gasteiger partial charge is 0.260 e. The first kappa shape index (κ1) is 20.8. The van der Waals surface area contributed by atoms with Crippen LogP contribution in [0.4, 0.5) is 0 Å². The quantitative estimate of drug-likeness (QED) is 0.761.